The standard InChI is InChI=1S/C19H26N6/c1-22(16-18-4-2-5-19-20-9-13-25(18)19)17-6-11-23(12-7-17)14-15-24-10-3-8-21-24/h2-5,8-10,13,17H,6-7,11-12,14-16H2,1H3. The normalized spacial score (nSPS) is 16.9. The van der Waals surface area contributed by atoms with Gasteiger partial charge in [0.1, 0.15) is 5.65 Å². The average molecular weight is 338 g/mol. The summed E-state index contributed by atoms with van der Waals surface area (Å²) in [4.78, 5) is 9.44. The molecular weight excluding hydrogens is 312 g/mol. The monoisotopic (exact) mass is 338 g/mol. The summed E-state index contributed by atoms with van der Waals surface area (Å²) in [5.41, 5.74) is 2.33. The summed E-state index contributed by atoms with van der Waals surface area (Å²) in [6, 6.07) is 9.00. The highest BCUT2D eigenvalue weighted by molar-refractivity contribution is 5.39. The Morgan fingerprint density at radius 3 is 2.76 bits per heavy atom. The lowest BCUT2D eigenvalue weighted by Gasteiger charge is -2.36. The van der Waals surface area contributed by atoms with E-state index in [-0.39, 0.29) is 0 Å². The molecule has 0 atom stereocenters. The van der Waals surface area contributed by atoms with Gasteiger partial charge in [0.05, 0.1) is 6.54 Å². The van der Waals surface area contributed by atoms with Crippen molar-refractivity contribution in [3.05, 3.63) is 54.7 Å². The Bertz CT molecular complexity index is 785. The zero-order valence-electron chi connectivity index (χ0n) is 14.8. The second kappa shape index (κ2) is 7.37. The van der Waals surface area contributed by atoms with Gasteiger partial charge in [-0.1, -0.05) is 6.07 Å². The van der Waals surface area contributed by atoms with E-state index in [0.717, 1.165) is 25.3 Å². The van der Waals surface area contributed by atoms with Crippen LogP contribution in [0.4, 0.5) is 0 Å². The third-order valence-corrected chi connectivity index (χ3v) is 5.31. The summed E-state index contributed by atoms with van der Waals surface area (Å²) >= 11 is 0. The Hall–Kier alpha value is -2.18. The van der Waals surface area contributed by atoms with Crippen molar-refractivity contribution in [2.75, 3.05) is 26.7 Å². The summed E-state index contributed by atoms with van der Waals surface area (Å²) in [5, 5.41) is 4.29. The number of rotatable bonds is 6. The van der Waals surface area contributed by atoms with Crippen molar-refractivity contribution in [1.29, 1.82) is 0 Å². The molecule has 0 N–H and O–H groups in total. The molecule has 0 aromatic carbocycles. The minimum Gasteiger partial charge on any atom is -0.303 e. The molecule has 0 amide bonds. The van der Waals surface area contributed by atoms with Crippen molar-refractivity contribution < 1.29 is 0 Å². The van der Waals surface area contributed by atoms with E-state index < -0.39 is 0 Å². The van der Waals surface area contributed by atoms with Gasteiger partial charge in [-0.3, -0.25) is 9.58 Å². The van der Waals surface area contributed by atoms with Gasteiger partial charge in [0.25, 0.3) is 0 Å². The molecule has 4 rings (SSSR count). The maximum absolute atomic E-state index is 4.38. The van der Waals surface area contributed by atoms with E-state index in [2.05, 4.69) is 55.7 Å². The minimum atomic E-state index is 0.653. The number of likely N-dealkylation sites (tertiary alicyclic amines) is 1. The number of piperidine rings is 1. The number of nitrogens with zero attached hydrogens (tertiary/aromatic N) is 6. The summed E-state index contributed by atoms with van der Waals surface area (Å²) in [6.07, 6.45) is 10.3. The molecule has 3 aromatic rings. The highest BCUT2D eigenvalue weighted by Crippen LogP contribution is 2.18. The van der Waals surface area contributed by atoms with Gasteiger partial charge in [-0.05, 0) is 51.2 Å². The van der Waals surface area contributed by atoms with Crippen molar-refractivity contribution in [3.8, 4) is 0 Å². The molecule has 0 unspecified atom stereocenters. The molecule has 0 spiro atoms. The van der Waals surface area contributed by atoms with Crippen molar-refractivity contribution in [1.82, 2.24) is 29.0 Å². The van der Waals surface area contributed by atoms with E-state index in [4.69, 9.17) is 0 Å². The first-order valence-corrected chi connectivity index (χ1v) is 9.10. The SMILES string of the molecule is CN(Cc1cccc2nccn12)C1CCN(CCn2cccn2)CC1. The molecule has 6 heteroatoms. The number of aromatic nitrogens is 4. The maximum Gasteiger partial charge on any atom is 0.136 e. The number of pyridine rings is 1. The average Bonchev–Trinajstić information content (AvgIpc) is 3.32. The van der Waals surface area contributed by atoms with Gasteiger partial charge in [-0.25, -0.2) is 4.98 Å². The van der Waals surface area contributed by atoms with Crippen LogP contribution in [0.25, 0.3) is 5.65 Å². The predicted molar refractivity (Wildman–Crippen MR) is 98.3 cm³/mol. The second-order valence-electron chi connectivity index (χ2n) is 6.93. The largest absolute Gasteiger partial charge is 0.303 e. The highest BCUT2D eigenvalue weighted by atomic mass is 15.3. The first kappa shape index (κ1) is 16.3. The van der Waals surface area contributed by atoms with Crippen molar-refractivity contribution in [2.24, 2.45) is 0 Å². The Kier molecular flexibility index (Phi) is 4.81. The third kappa shape index (κ3) is 3.75. The number of hydrogen-bond acceptors (Lipinski definition) is 4. The van der Waals surface area contributed by atoms with E-state index in [1.807, 2.05) is 29.3 Å². The number of hydrogen-bond donors (Lipinski definition) is 0. The van der Waals surface area contributed by atoms with Gasteiger partial charge in [-0.15, -0.1) is 0 Å². The van der Waals surface area contributed by atoms with Crippen LogP contribution in [0, 0.1) is 0 Å². The molecule has 1 saturated heterocycles. The van der Waals surface area contributed by atoms with Gasteiger partial charge in [0, 0.05) is 49.6 Å². The first-order valence-electron chi connectivity index (χ1n) is 9.10. The van der Waals surface area contributed by atoms with Crippen LogP contribution >= 0.6 is 0 Å². The van der Waals surface area contributed by atoms with Crippen molar-refractivity contribution >= 4 is 5.65 Å². The Morgan fingerprint density at radius 1 is 1.08 bits per heavy atom. The van der Waals surface area contributed by atoms with Crippen LogP contribution in [0.3, 0.4) is 0 Å². The summed E-state index contributed by atoms with van der Waals surface area (Å²) in [6.45, 7) is 5.38. The smallest absolute Gasteiger partial charge is 0.136 e. The fourth-order valence-corrected chi connectivity index (χ4v) is 3.78. The summed E-state index contributed by atoms with van der Waals surface area (Å²) in [7, 11) is 2.25. The fraction of sp³-hybridized carbons (Fsp3) is 0.474. The molecule has 1 aliphatic heterocycles. The molecule has 0 aliphatic carbocycles. The number of fused-ring (bicyclic) bond motifs is 1. The van der Waals surface area contributed by atoms with Crippen molar-refractivity contribution in [3.63, 3.8) is 0 Å². The molecule has 1 aliphatic rings. The zero-order valence-corrected chi connectivity index (χ0v) is 14.8. The highest BCUT2D eigenvalue weighted by Gasteiger charge is 2.22. The van der Waals surface area contributed by atoms with Crippen LogP contribution in [-0.4, -0.2) is 61.7 Å². The van der Waals surface area contributed by atoms with Crippen LogP contribution in [0.15, 0.2) is 49.1 Å². The van der Waals surface area contributed by atoms with Crippen LogP contribution < -0.4 is 0 Å². The molecule has 4 heterocycles. The summed E-state index contributed by atoms with van der Waals surface area (Å²) in [5.74, 6) is 0. The van der Waals surface area contributed by atoms with Gasteiger partial charge in [-0.2, -0.15) is 5.10 Å². The lowest BCUT2D eigenvalue weighted by atomic mass is 10.0. The van der Waals surface area contributed by atoms with E-state index in [1.165, 1.54) is 31.6 Å². The molecular formula is C19H26N6. The van der Waals surface area contributed by atoms with Gasteiger partial charge in [0.2, 0.25) is 0 Å². The first-order chi connectivity index (χ1) is 12.3. The Morgan fingerprint density at radius 2 is 1.96 bits per heavy atom. The molecule has 0 saturated carbocycles. The van der Waals surface area contributed by atoms with Crippen molar-refractivity contribution in [2.45, 2.75) is 32.0 Å². The van der Waals surface area contributed by atoms with Gasteiger partial charge >= 0.3 is 0 Å². The van der Waals surface area contributed by atoms with Crippen LogP contribution in [0.5, 0.6) is 0 Å². The molecule has 132 valence electrons. The van der Waals surface area contributed by atoms with E-state index in [1.54, 1.807) is 0 Å². The van der Waals surface area contributed by atoms with Gasteiger partial charge < -0.3 is 9.30 Å². The lowest BCUT2D eigenvalue weighted by Crippen LogP contribution is -2.44. The second-order valence-corrected chi connectivity index (χ2v) is 6.93. The zero-order chi connectivity index (χ0) is 17.1. The van der Waals surface area contributed by atoms with E-state index >= 15 is 0 Å². The van der Waals surface area contributed by atoms with Crippen LogP contribution in [0.2, 0.25) is 0 Å². The number of imidazole rings is 1. The molecule has 6 nitrogen and oxygen atoms in total. The minimum absolute atomic E-state index is 0.653. The van der Waals surface area contributed by atoms with E-state index in [9.17, 15) is 0 Å². The predicted octanol–water partition coefficient (Wildman–Crippen LogP) is 2.13. The van der Waals surface area contributed by atoms with Crippen LogP contribution in [0.1, 0.15) is 18.5 Å². The lowest BCUT2D eigenvalue weighted by molar-refractivity contribution is 0.119. The topological polar surface area (TPSA) is 41.6 Å². The fourth-order valence-electron chi connectivity index (χ4n) is 3.78. The molecule has 0 radical (unpaired) electrons. The van der Waals surface area contributed by atoms with E-state index in [0.29, 0.717) is 6.04 Å². The van der Waals surface area contributed by atoms with Gasteiger partial charge in [0.15, 0.2) is 0 Å². The molecule has 1 fully saturated rings. The Balaban J connectivity index is 1.29. The van der Waals surface area contributed by atoms with Crippen LogP contribution in [-0.2, 0) is 13.1 Å². The third-order valence-electron chi connectivity index (χ3n) is 5.31. The Labute approximate surface area is 148 Å². The maximum atomic E-state index is 4.38. The summed E-state index contributed by atoms with van der Waals surface area (Å²) < 4.78 is 4.21. The quantitative estimate of drug-likeness (QED) is 0.690. The molecule has 25 heavy (non-hydrogen) atoms. The molecule has 0 bridgehead atoms. The molecule has 3 aromatic heterocycles.